The zero-order valence-electron chi connectivity index (χ0n) is 7.79. The van der Waals surface area contributed by atoms with E-state index in [1.165, 1.54) is 0 Å². The Morgan fingerprint density at radius 2 is 1.67 bits per heavy atom. The average Bonchev–Trinajstić information content (AvgIpc) is 2.69. The lowest BCUT2D eigenvalue weighted by Crippen LogP contribution is -2.12. The molecule has 82 valence electrons. The van der Waals surface area contributed by atoms with Crippen molar-refractivity contribution in [3.05, 3.63) is 34.9 Å². The van der Waals surface area contributed by atoms with E-state index in [0.29, 0.717) is 19.5 Å². The van der Waals surface area contributed by atoms with E-state index >= 15 is 0 Å². The van der Waals surface area contributed by atoms with Crippen molar-refractivity contribution in [1.82, 2.24) is 5.32 Å². The van der Waals surface area contributed by atoms with Gasteiger partial charge in [0.05, 0.1) is 0 Å². The van der Waals surface area contributed by atoms with Crippen LogP contribution in [0.15, 0.2) is 6.07 Å². The van der Waals surface area contributed by atoms with Crippen LogP contribution in [-0.2, 0) is 0 Å². The monoisotopic (exact) mass is 219 g/mol. The molecule has 5 heteroatoms. The zero-order chi connectivity index (χ0) is 11.0. The third kappa shape index (κ3) is 1.71. The molecular weight excluding hydrogens is 210 g/mol. The number of nitrogens with one attached hydrogen (secondary N) is 1. The molecule has 1 aliphatic rings. The second kappa shape index (κ2) is 3.81. The standard InChI is InChI=1S/C10H9F4N/c11-6-3-7(12)10(14)8(9(6)13)5-1-2-15-4-5/h3,5,15H,1-2,4H2. The summed E-state index contributed by atoms with van der Waals surface area (Å²) in [5.41, 5.74) is -0.475. The molecule has 0 aliphatic carbocycles. The molecule has 1 atom stereocenters. The molecule has 0 radical (unpaired) electrons. The second-order valence-electron chi connectivity index (χ2n) is 3.57. The molecule has 0 aromatic heterocycles. The van der Waals surface area contributed by atoms with Gasteiger partial charge in [0.2, 0.25) is 0 Å². The average molecular weight is 219 g/mol. The smallest absolute Gasteiger partial charge is 0.165 e. The number of halogens is 4. The maximum atomic E-state index is 13.3. The molecule has 2 rings (SSSR count). The van der Waals surface area contributed by atoms with Crippen molar-refractivity contribution in [3.8, 4) is 0 Å². The topological polar surface area (TPSA) is 12.0 Å². The van der Waals surface area contributed by atoms with Gasteiger partial charge in [-0.3, -0.25) is 0 Å². The van der Waals surface area contributed by atoms with E-state index in [-0.39, 0.29) is 6.07 Å². The lowest BCUT2D eigenvalue weighted by molar-refractivity contribution is 0.429. The molecule has 1 aromatic carbocycles. The van der Waals surface area contributed by atoms with E-state index in [1.54, 1.807) is 0 Å². The predicted octanol–water partition coefficient (Wildman–Crippen LogP) is 2.32. The molecule has 0 saturated carbocycles. The Hall–Kier alpha value is -1.10. The highest BCUT2D eigenvalue weighted by molar-refractivity contribution is 5.27. The number of rotatable bonds is 1. The molecule has 1 saturated heterocycles. The number of hydrogen-bond acceptors (Lipinski definition) is 1. The quantitative estimate of drug-likeness (QED) is 0.564. The van der Waals surface area contributed by atoms with Crippen LogP contribution in [0.2, 0.25) is 0 Å². The summed E-state index contributed by atoms with van der Waals surface area (Å²) in [5.74, 6) is -5.72. The summed E-state index contributed by atoms with van der Waals surface area (Å²) < 4.78 is 52.3. The van der Waals surface area contributed by atoms with Crippen LogP contribution in [-0.4, -0.2) is 13.1 Å². The summed E-state index contributed by atoms with van der Waals surface area (Å²) in [5, 5.41) is 2.89. The minimum Gasteiger partial charge on any atom is -0.316 e. The van der Waals surface area contributed by atoms with Crippen molar-refractivity contribution in [3.63, 3.8) is 0 Å². The van der Waals surface area contributed by atoms with Crippen molar-refractivity contribution in [2.45, 2.75) is 12.3 Å². The lowest BCUT2D eigenvalue weighted by atomic mass is 9.97. The SMILES string of the molecule is Fc1cc(F)c(F)c(C2CCNC2)c1F. The first-order valence-electron chi connectivity index (χ1n) is 4.65. The number of benzene rings is 1. The summed E-state index contributed by atoms with van der Waals surface area (Å²) in [7, 11) is 0. The van der Waals surface area contributed by atoms with Gasteiger partial charge in [-0.15, -0.1) is 0 Å². The normalized spacial score (nSPS) is 20.9. The highest BCUT2D eigenvalue weighted by Crippen LogP contribution is 2.30. The van der Waals surface area contributed by atoms with Gasteiger partial charge in [-0.05, 0) is 13.0 Å². The van der Waals surface area contributed by atoms with E-state index in [9.17, 15) is 17.6 Å². The van der Waals surface area contributed by atoms with Crippen molar-refractivity contribution >= 4 is 0 Å². The van der Waals surface area contributed by atoms with Gasteiger partial charge in [0, 0.05) is 24.1 Å². The molecule has 1 heterocycles. The molecule has 15 heavy (non-hydrogen) atoms. The summed E-state index contributed by atoms with van der Waals surface area (Å²) >= 11 is 0. The van der Waals surface area contributed by atoms with Crippen LogP contribution in [0.5, 0.6) is 0 Å². The fourth-order valence-corrected chi connectivity index (χ4v) is 1.85. The van der Waals surface area contributed by atoms with Crippen LogP contribution in [0.4, 0.5) is 17.6 Å². The summed E-state index contributed by atoms with van der Waals surface area (Å²) in [6.45, 7) is 0.943. The molecule has 1 nitrogen and oxygen atoms in total. The fourth-order valence-electron chi connectivity index (χ4n) is 1.85. The van der Waals surface area contributed by atoms with Gasteiger partial charge in [-0.25, -0.2) is 17.6 Å². The van der Waals surface area contributed by atoms with Gasteiger partial charge in [0.1, 0.15) is 0 Å². The van der Waals surface area contributed by atoms with Crippen LogP contribution >= 0.6 is 0 Å². The molecule has 0 spiro atoms. The van der Waals surface area contributed by atoms with Crippen molar-refractivity contribution in [2.24, 2.45) is 0 Å². The number of hydrogen-bond donors (Lipinski definition) is 1. The maximum absolute atomic E-state index is 13.3. The van der Waals surface area contributed by atoms with Crippen LogP contribution in [0.1, 0.15) is 17.9 Å². The van der Waals surface area contributed by atoms with Crippen LogP contribution in [0.25, 0.3) is 0 Å². The molecule has 1 N–H and O–H groups in total. The van der Waals surface area contributed by atoms with Gasteiger partial charge < -0.3 is 5.32 Å². The van der Waals surface area contributed by atoms with E-state index in [4.69, 9.17) is 0 Å². The van der Waals surface area contributed by atoms with E-state index in [0.717, 1.165) is 0 Å². The first-order valence-corrected chi connectivity index (χ1v) is 4.65. The fraction of sp³-hybridized carbons (Fsp3) is 0.400. The summed E-state index contributed by atoms with van der Waals surface area (Å²) in [4.78, 5) is 0. The zero-order valence-corrected chi connectivity index (χ0v) is 7.79. The van der Waals surface area contributed by atoms with Gasteiger partial charge in [-0.1, -0.05) is 0 Å². The second-order valence-corrected chi connectivity index (χ2v) is 3.57. The van der Waals surface area contributed by atoms with Gasteiger partial charge in [0.15, 0.2) is 23.3 Å². The summed E-state index contributed by atoms with van der Waals surface area (Å²) in [6.07, 6.45) is 0.483. The minimum atomic E-state index is -1.34. The third-order valence-electron chi connectivity index (χ3n) is 2.61. The first-order chi connectivity index (χ1) is 7.11. The van der Waals surface area contributed by atoms with Crippen molar-refractivity contribution < 1.29 is 17.6 Å². The lowest BCUT2D eigenvalue weighted by Gasteiger charge is -2.12. The van der Waals surface area contributed by atoms with Crippen LogP contribution in [0.3, 0.4) is 0 Å². The Kier molecular flexibility index (Phi) is 2.65. The molecule has 1 aliphatic heterocycles. The molecule has 1 aromatic rings. The van der Waals surface area contributed by atoms with E-state index < -0.39 is 34.8 Å². The highest BCUT2D eigenvalue weighted by atomic mass is 19.2. The van der Waals surface area contributed by atoms with Gasteiger partial charge >= 0.3 is 0 Å². The first kappa shape index (κ1) is 10.4. The van der Waals surface area contributed by atoms with Crippen LogP contribution in [0, 0.1) is 23.3 Å². The predicted molar refractivity (Wildman–Crippen MR) is 46.5 cm³/mol. The Morgan fingerprint density at radius 3 is 2.13 bits per heavy atom. The van der Waals surface area contributed by atoms with Gasteiger partial charge in [-0.2, -0.15) is 0 Å². The van der Waals surface area contributed by atoms with Gasteiger partial charge in [0.25, 0.3) is 0 Å². The molecular formula is C10H9F4N. The maximum Gasteiger partial charge on any atom is 0.165 e. The Morgan fingerprint density at radius 1 is 1.07 bits per heavy atom. The molecule has 0 bridgehead atoms. The van der Waals surface area contributed by atoms with E-state index in [1.807, 2.05) is 0 Å². The van der Waals surface area contributed by atoms with Crippen LogP contribution < -0.4 is 5.32 Å². The Balaban J connectivity index is 2.52. The summed E-state index contributed by atoms with van der Waals surface area (Å²) in [6, 6.07) is 0.233. The Labute approximate surface area is 84.1 Å². The van der Waals surface area contributed by atoms with E-state index in [2.05, 4.69) is 5.32 Å². The minimum absolute atomic E-state index is 0.233. The molecule has 1 unspecified atom stereocenters. The van der Waals surface area contributed by atoms with Crippen molar-refractivity contribution in [1.29, 1.82) is 0 Å². The highest BCUT2D eigenvalue weighted by Gasteiger charge is 2.27. The Bertz CT molecular complexity index is 359. The molecule has 0 amide bonds. The molecule has 1 fully saturated rings. The third-order valence-corrected chi connectivity index (χ3v) is 2.61. The largest absolute Gasteiger partial charge is 0.316 e. The van der Waals surface area contributed by atoms with Crippen molar-refractivity contribution in [2.75, 3.05) is 13.1 Å².